The number of alkyl halides is 1. The van der Waals surface area contributed by atoms with Crippen LogP contribution in [0.15, 0.2) is 21.2 Å². The van der Waals surface area contributed by atoms with Gasteiger partial charge in [-0.25, -0.2) is 9.18 Å². The summed E-state index contributed by atoms with van der Waals surface area (Å²) in [4.78, 5) is 22.9. The number of amides is 3. The van der Waals surface area contributed by atoms with E-state index in [9.17, 15) is 14.0 Å². The van der Waals surface area contributed by atoms with Crippen LogP contribution in [0, 0.1) is 0 Å². The molecule has 8 heteroatoms. The molecule has 1 aromatic heterocycles. The van der Waals surface area contributed by atoms with Crippen LogP contribution < -0.4 is 16.0 Å². The maximum absolute atomic E-state index is 11.9. The van der Waals surface area contributed by atoms with Gasteiger partial charge in [0.2, 0.25) is 5.91 Å². The minimum absolute atomic E-state index is 0.0626. The third-order valence-electron chi connectivity index (χ3n) is 2.19. The Balaban J connectivity index is 2.28. The summed E-state index contributed by atoms with van der Waals surface area (Å²) in [5, 5.41) is 7.30. The van der Waals surface area contributed by atoms with Crippen molar-refractivity contribution in [2.24, 2.45) is 0 Å². The second-order valence-corrected chi connectivity index (χ2v) is 4.52. The number of furan rings is 1. The first-order chi connectivity index (χ1) is 9.02. The molecule has 0 aromatic carbocycles. The monoisotopic (exact) mass is 335 g/mol. The fourth-order valence-corrected chi connectivity index (χ4v) is 1.59. The van der Waals surface area contributed by atoms with Gasteiger partial charge in [0.25, 0.3) is 0 Å². The quantitative estimate of drug-likeness (QED) is 0.733. The van der Waals surface area contributed by atoms with Crippen molar-refractivity contribution in [3.8, 4) is 0 Å². The number of rotatable bonds is 6. The topological polar surface area (TPSA) is 83.4 Å². The van der Waals surface area contributed by atoms with Crippen LogP contribution >= 0.6 is 15.9 Å². The highest BCUT2D eigenvalue weighted by molar-refractivity contribution is 9.10. The molecule has 0 bridgehead atoms. The molecule has 3 amide bonds. The van der Waals surface area contributed by atoms with Crippen molar-refractivity contribution in [2.45, 2.75) is 19.5 Å². The number of carbonyl (C=O) groups is 2. The number of urea groups is 1. The highest BCUT2D eigenvalue weighted by Gasteiger charge is 2.14. The Labute approximate surface area is 118 Å². The van der Waals surface area contributed by atoms with Crippen molar-refractivity contribution in [1.82, 2.24) is 16.0 Å². The van der Waals surface area contributed by atoms with Gasteiger partial charge in [-0.2, -0.15) is 0 Å². The van der Waals surface area contributed by atoms with E-state index in [0.717, 1.165) is 0 Å². The molecule has 0 saturated heterocycles. The summed E-state index contributed by atoms with van der Waals surface area (Å²) in [5.74, 6) is 0.144. The Kier molecular flexibility index (Phi) is 6.34. The molecule has 6 nitrogen and oxygen atoms in total. The van der Waals surface area contributed by atoms with Gasteiger partial charge in [0.05, 0.1) is 6.54 Å². The summed E-state index contributed by atoms with van der Waals surface area (Å²) in [5.41, 5.74) is 0. The van der Waals surface area contributed by atoms with Crippen molar-refractivity contribution < 1.29 is 18.4 Å². The van der Waals surface area contributed by atoms with Gasteiger partial charge in [0, 0.05) is 6.54 Å². The number of carbonyl (C=O) groups excluding carboxylic acids is 2. The van der Waals surface area contributed by atoms with Crippen LogP contribution in [0.25, 0.3) is 0 Å². The average molecular weight is 336 g/mol. The lowest BCUT2D eigenvalue weighted by atomic mass is 10.3. The first-order valence-corrected chi connectivity index (χ1v) is 6.44. The predicted molar refractivity (Wildman–Crippen MR) is 70.2 cm³/mol. The van der Waals surface area contributed by atoms with E-state index in [1.807, 2.05) is 0 Å². The molecule has 0 aliphatic carbocycles. The summed E-state index contributed by atoms with van der Waals surface area (Å²) in [6, 6.07) is 2.18. The fraction of sp³-hybridized carbons (Fsp3) is 0.455. The van der Waals surface area contributed by atoms with Crippen LogP contribution in [0.3, 0.4) is 0 Å². The Morgan fingerprint density at radius 3 is 2.74 bits per heavy atom. The highest BCUT2D eigenvalue weighted by Crippen LogP contribution is 2.13. The molecule has 19 heavy (non-hydrogen) atoms. The van der Waals surface area contributed by atoms with Gasteiger partial charge in [-0.15, -0.1) is 0 Å². The Bertz CT molecular complexity index is 439. The van der Waals surface area contributed by atoms with Gasteiger partial charge in [-0.1, -0.05) is 0 Å². The molecule has 1 atom stereocenters. The normalized spacial score (nSPS) is 11.7. The van der Waals surface area contributed by atoms with Crippen molar-refractivity contribution >= 4 is 27.9 Å². The summed E-state index contributed by atoms with van der Waals surface area (Å²) in [6.45, 7) is 1.01. The van der Waals surface area contributed by atoms with E-state index in [-0.39, 0.29) is 13.1 Å². The van der Waals surface area contributed by atoms with Crippen LogP contribution in [-0.4, -0.2) is 31.2 Å². The zero-order chi connectivity index (χ0) is 14.3. The lowest BCUT2D eigenvalue weighted by Gasteiger charge is -2.13. The SMILES string of the molecule is C[C@H](NC(=O)NCc1ccc(Br)o1)C(=O)NCCF. The third kappa shape index (κ3) is 5.73. The summed E-state index contributed by atoms with van der Waals surface area (Å²) >= 11 is 3.14. The molecule has 0 radical (unpaired) electrons. The molecule has 0 aliphatic heterocycles. The minimum Gasteiger partial charge on any atom is -0.452 e. The standard InChI is InChI=1S/C11H15BrFN3O3/c1-7(10(17)14-5-4-13)16-11(18)15-6-8-2-3-9(12)19-8/h2-3,7H,4-6H2,1H3,(H,14,17)(H2,15,16,18)/t7-/m0/s1. The third-order valence-corrected chi connectivity index (χ3v) is 2.61. The van der Waals surface area contributed by atoms with Crippen LogP contribution in [0.4, 0.5) is 9.18 Å². The van der Waals surface area contributed by atoms with E-state index in [1.165, 1.54) is 6.92 Å². The molecule has 0 fully saturated rings. The lowest BCUT2D eigenvalue weighted by Crippen LogP contribution is -2.48. The smallest absolute Gasteiger partial charge is 0.315 e. The molecular weight excluding hydrogens is 321 g/mol. The van der Waals surface area contributed by atoms with Gasteiger partial charge in [-0.3, -0.25) is 4.79 Å². The Morgan fingerprint density at radius 2 is 2.16 bits per heavy atom. The number of hydrogen-bond donors (Lipinski definition) is 3. The molecule has 1 aromatic rings. The lowest BCUT2D eigenvalue weighted by molar-refractivity contribution is -0.122. The van der Waals surface area contributed by atoms with Crippen molar-refractivity contribution in [1.29, 1.82) is 0 Å². The Hall–Kier alpha value is -1.57. The van der Waals surface area contributed by atoms with Crippen molar-refractivity contribution in [3.05, 3.63) is 22.6 Å². The van der Waals surface area contributed by atoms with Gasteiger partial charge >= 0.3 is 6.03 Å². The molecule has 1 rings (SSSR count). The van der Waals surface area contributed by atoms with E-state index in [2.05, 4.69) is 31.9 Å². The Morgan fingerprint density at radius 1 is 1.42 bits per heavy atom. The second kappa shape index (κ2) is 7.78. The zero-order valence-corrected chi connectivity index (χ0v) is 11.9. The molecule has 0 unspecified atom stereocenters. The van der Waals surface area contributed by atoms with E-state index < -0.39 is 24.7 Å². The molecule has 0 aliphatic rings. The zero-order valence-electron chi connectivity index (χ0n) is 10.3. The minimum atomic E-state index is -0.741. The van der Waals surface area contributed by atoms with Gasteiger partial charge in [-0.05, 0) is 35.0 Å². The van der Waals surface area contributed by atoms with Gasteiger partial charge in [0.1, 0.15) is 18.5 Å². The van der Waals surface area contributed by atoms with Crippen LogP contribution in [-0.2, 0) is 11.3 Å². The van der Waals surface area contributed by atoms with Gasteiger partial charge in [0.15, 0.2) is 4.67 Å². The number of halogens is 2. The average Bonchev–Trinajstić information content (AvgIpc) is 2.79. The fourth-order valence-electron chi connectivity index (χ4n) is 1.25. The van der Waals surface area contributed by atoms with E-state index >= 15 is 0 Å². The molecule has 0 spiro atoms. The first kappa shape index (κ1) is 15.5. The molecular formula is C11H15BrFN3O3. The summed E-state index contributed by atoms with van der Waals surface area (Å²) in [7, 11) is 0. The number of nitrogens with one attached hydrogen (secondary N) is 3. The molecule has 0 saturated carbocycles. The molecule has 106 valence electrons. The van der Waals surface area contributed by atoms with E-state index in [0.29, 0.717) is 10.4 Å². The highest BCUT2D eigenvalue weighted by atomic mass is 79.9. The van der Waals surface area contributed by atoms with Crippen LogP contribution in [0.2, 0.25) is 0 Å². The maximum atomic E-state index is 11.9. The molecule has 3 N–H and O–H groups in total. The maximum Gasteiger partial charge on any atom is 0.315 e. The predicted octanol–water partition coefficient (Wildman–Crippen LogP) is 1.32. The second-order valence-electron chi connectivity index (χ2n) is 3.73. The first-order valence-electron chi connectivity index (χ1n) is 5.65. The summed E-state index contributed by atoms with van der Waals surface area (Å²) in [6.07, 6.45) is 0. The van der Waals surface area contributed by atoms with Crippen LogP contribution in [0.1, 0.15) is 12.7 Å². The van der Waals surface area contributed by atoms with Gasteiger partial charge < -0.3 is 20.4 Å². The number of hydrogen-bond acceptors (Lipinski definition) is 3. The largest absolute Gasteiger partial charge is 0.452 e. The van der Waals surface area contributed by atoms with Crippen LogP contribution in [0.5, 0.6) is 0 Å². The van der Waals surface area contributed by atoms with E-state index in [1.54, 1.807) is 12.1 Å². The molecule has 1 heterocycles. The van der Waals surface area contributed by atoms with Crippen molar-refractivity contribution in [3.63, 3.8) is 0 Å². The van der Waals surface area contributed by atoms with Crippen molar-refractivity contribution in [2.75, 3.05) is 13.2 Å². The van der Waals surface area contributed by atoms with E-state index in [4.69, 9.17) is 4.42 Å². The summed E-state index contributed by atoms with van der Waals surface area (Å²) < 4.78 is 17.6.